The second kappa shape index (κ2) is 7.90. The highest BCUT2D eigenvalue weighted by molar-refractivity contribution is 7.84. The van der Waals surface area contributed by atoms with Gasteiger partial charge in [-0.1, -0.05) is 0 Å². The van der Waals surface area contributed by atoms with Gasteiger partial charge in [-0.05, 0) is 6.92 Å². The summed E-state index contributed by atoms with van der Waals surface area (Å²) >= 11 is 0. The molecule has 2 unspecified atom stereocenters. The number of rotatable bonds is 7. The average molecular weight is 222 g/mol. The molecule has 1 amide bonds. The third kappa shape index (κ3) is 6.99. The number of carbonyl (C=O) groups excluding carboxylic acids is 1. The van der Waals surface area contributed by atoms with E-state index in [0.717, 1.165) is 0 Å². The zero-order valence-electron chi connectivity index (χ0n) is 8.62. The van der Waals surface area contributed by atoms with Crippen LogP contribution >= 0.6 is 0 Å². The lowest BCUT2D eigenvalue weighted by atomic mass is 10.4. The molecule has 2 atom stereocenters. The molecule has 84 valence electrons. The van der Waals surface area contributed by atoms with Crippen LogP contribution in [-0.4, -0.2) is 47.9 Å². The highest BCUT2D eigenvalue weighted by atomic mass is 32.2. The topological polar surface area (TPSA) is 81.4 Å². The fourth-order valence-electron chi connectivity index (χ4n) is 0.674. The van der Waals surface area contributed by atoms with Gasteiger partial charge in [0.05, 0.1) is 6.61 Å². The van der Waals surface area contributed by atoms with Gasteiger partial charge < -0.3 is 15.8 Å². The maximum Gasteiger partial charge on any atom is 0.246 e. The van der Waals surface area contributed by atoms with Gasteiger partial charge in [0.15, 0.2) is 0 Å². The quantitative estimate of drug-likeness (QED) is 0.533. The molecule has 0 aromatic carbocycles. The normalized spacial score (nSPS) is 14.8. The standard InChI is InChI=1S/C8H18N2O3S/c1-7(14(2)12)5-10-8(11)6-13-4-3-9/h7H,3-6,9H2,1-2H3,(H,10,11). The van der Waals surface area contributed by atoms with Crippen LogP contribution in [0.2, 0.25) is 0 Å². The molecular weight excluding hydrogens is 204 g/mol. The molecule has 0 fully saturated rings. The molecule has 0 radical (unpaired) electrons. The molecule has 3 N–H and O–H groups in total. The molecular formula is C8H18N2O3S. The zero-order valence-corrected chi connectivity index (χ0v) is 9.43. The second-order valence-electron chi connectivity index (χ2n) is 2.95. The summed E-state index contributed by atoms with van der Waals surface area (Å²) in [5.41, 5.74) is 5.18. The molecule has 5 nitrogen and oxygen atoms in total. The fourth-order valence-corrected chi connectivity index (χ4v) is 0.992. The molecule has 0 aromatic rings. The SMILES string of the molecule is CC(CNC(=O)COCCN)S(C)=O. The van der Waals surface area contributed by atoms with E-state index >= 15 is 0 Å². The van der Waals surface area contributed by atoms with Crippen LogP contribution in [0.3, 0.4) is 0 Å². The largest absolute Gasteiger partial charge is 0.370 e. The number of hydrogen-bond acceptors (Lipinski definition) is 4. The summed E-state index contributed by atoms with van der Waals surface area (Å²) in [4.78, 5) is 11.1. The van der Waals surface area contributed by atoms with Crippen molar-refractivity contribution in [3.8, 4) is 0 Å². The molecule has 14 heavy (non-hydrogen) atoms. The van der Waals surface area contributed by atoms with Gasteiger partial charge in [0.25, 0.3) is 0 Å². The summed E-state index contributed by atoms with van der Waals surface area (Å²) in [6.45, 7) is 3.02. The van der Waals surface area contributed by atoms with E-state index in [1.54, 1.807) is 6.26 Å². The maximum absolute atomic E-state index is 11.1. The van der Waals surface area contributed by atoms with E-state index in [1.165, 1.54) is 0 Å². The van der Waals surface area contributed by atoms with E-state index in [0.29, 0.717) is 19.7 Å². The van der Waals surface area contributed by atoms with Crippen molar-refractivity contribution in [1.29, 1.82) is 0 Å². The number of amides is 1. The Kier molecular flexibility index (Phi) is 7.64. The lowest BCUT2D eigenvalue weighted by Crippen LogP contribution is -2.35. The second-order valence-corrected chi connectivity index (χ2v) is 4.76. The number of ether oxygens (including phenoxy) is 1. The summed E-state index contributed by atoms with van der Waals surface area (Å²) in [7, 11) is -0.910. The molecule has 0 aliphatic heterocycles. The smallest absolute Gasteiger partial charge is 0.246 e. The average Bonchev–Trinajstić information content (AvgIpc) is 2.14. The maximum atomic E-state index is 11.1. The summed E-state index contributed by atoms with van der Waals surface area (Å²) in [6.07, 6.45) is 1.61. The van der Waals surface area contributed by atoms with Crippen molar-refractivity contribution < 1.29 is 13.7 Å². The van der Waals surface area contributed by atoms with Crippen molar-refractivity contribution in [2.75, 3.05) is 32.6 Å². The highest BCUT2D eigenvalue weighted by Gasteiger charge is 2.07. The molecule has 6 heteroatoms. The lowest BCUT2D eigenvalue weighted by molar-refractivity contribution is -0.125. The van der Waals surface area contributed by atoms with Crippen molar-refractivity contribution in [3.63, 3.8) is 0 Å². The Morgan fingerprint density at radius 1 is 1.64 bits per heavy atom. The Morgan fingerprint density at radius 2 is 2.29 bits per heavy atom. The van der Waals surface area contributed by atoms with Crippen LogP contribution in [0.5, 0.6) is 0 Å². The van der Waals surface area contributed by atoms with Crippen molar-refractivity contribution in [2.24, 2.45) is 5.73 Å². The first kappa shape index (κ1) is 13.5. The molecule has 0 aliphatic rings. The highest BCUT2D eigenvalue weighted by Crippen LogP contribution is 1.89. The number of nitrogens with two attached hydrogens (primary N) is 1. The Labute approximate surface area is 86.8 Å². The Bertz CT molecular complexity index is 199. The van der Waals surface area contributed by atoms with Gasteiger partial charge in [0, 0.05) is 35.4 Å². The van der Waals surface area contributed by atoms with E-state index < -0.39 is 10.8 Å². The molecule has 0 saturated carbocycles. The zero-order chi connectivity index (χ0) is 11.0. The minimum Gasteiger partial charge on any atom is -0.370 e. The number of nitrogens with one attached hydrogen (secondary N) is 1. The van der Waals surface area contributed by atoms with Crippen LogP contribution in [0.15, 0.2) is 0 Å². The van der Waals surface area contributed by atoms with Crippen LogP contribution < -0.4 is 11.1 Å². The minimum absolute atomic E-state index is 0.0142. The van der Waals surface area contributed by atoms with Gasteiger partial charge in [-0.2, -0.15) is 0 Å². The summed E-state index contributed by atoms with van der Waals surface area (Å²) in [5, 5.41) is 2.59. The van der Waals surface area contributed by atoms with Gasteiger partial charge in [-0.15, -0.1) is 0 Å². The van der Waals surface area contributed by atoms with E-state index in [-0.39, 0.29) is 17.8 Å². The number of hydrogen-bond donors (Lipinski definition) is 2. The third-order valence-electron chi connectivity index (χ3n) is 1.65. The summed E-state index contributed by atoms with van der Waals surface area (Å²) < 4.78 is 15.9. The predicted octanol–water partition coefficient (Wildman–Crippen LogP) is -1.16. The lowest BCUT2D eigenvalue weighted by Gasteiger charge is -2.09. The Morgan fingerprint density at radius 3 is 2.79 bits per heavy atom. The first-order valence-electron chi connectivity index (χ1n) is 4.44. The summed E-state index contributed by atoms with van der Waals surface area (Å²) in [5.74, 6) is -0.198. The van der Waals surface area contributed by atoms with Crippen LogP contribution in [0.4, 0.5) is 0 Å². The van der Waals surface area contributed by atoms with E-state index in [4.69, 9.17) is 10.5 Å². The van der Waals surface area contributed by atoms with Crippen LogP contribution in [0.25, 0.3) is 0 Å². The van der Waals surface area contributed by atoms with Crippen molar-refractivity contribution in [2.45, 2.75) is 12.2 Å². The van der Waals surface area contributed by atoms with Crippen molar-refractivity contribution in [1.82, 2.24) is 5.32 Å². The molecule has 0 spiro atoms. The van der Waals surface area contributed by atoms with Gasteiger partial charge in [0.1, 0.15) is 6.61 Å². The Balaban J connectivity index is 3.48. The molecule has 0 saturated heterocycles. The minimum atomic E-state index is -0.910. The molecule has 0 rings (SSSR count). The van der Waals surface area contributed by atoms with Gasteiger partial charge >= 0.3 is 0 Å². The van der Waals surface area contributed by atoms with E-state index in [1.807, 2.05) is 6.92 Å². The van der Waals surface area contributed by atoms with Crippen LogP contribution in [-0.2, 0) is 20.3 Å². The first-order valence-corrected chi connectivity index (χ1v) is 6.06. The molecule has 0 bridgehead atoms. The first-order chi connectivity index (χ1) is 6.57. The number of carbonyl (C=O) groups is 1. The Hall–Kier alpha value is -0.460. The van der Waals surface area contributed by atoms with E-state index in [9.17, 15) is 9.00 Å². The molecule has 0 heterocycles. The third-order valence-corrected chi connectivity index (χ3v) is 2.95. The van der Waals surface area contributed by atoms with Gasteiger partial charge in [-0.25, -0.2) is 0 Å². The molecule has 0 aromatic heterocycles. The van der Waals surface area contributed by atoms with Gasteiger partial charge in [-0.3, -0.25) is 9.00 Å². The monoisotopic (exact) mass is 222 g/mol. The fraction of sp³-hybridized carbons (Fsp3) is 0.875. The van der Waals surface area contributed by atoms with Crippen molar-refractivity contribution in [3.05, 3.63) is 0 Å². The van der Waals surface area contributed by atoms with Crippen molar-refractivity contribution >= 4 is 16.7 Å². The van der Waals surface area contributed by atoms with E-state index in [2.05, 4.69) is 5.32 Å². The van der Waals surface area contributed by atoms with Gasteiger partial charge in [0.2, 0.25) is 5.91 Å². The molecule has 0 aliphatic carbocycles. The predicted molar refractivity (Wildman–Crippen MR) is 56.4 cm³/mol. The van der Waals surface area contributed by atoms with Crippen LogP contribution in [0.1, 0.15) is 6.92 Å². The van der Waals surface area contributed by atoms with Crippen LogP contribution in [0, 0.1) is 0 Å². The summed E-state index contributed by atoms with van der Waals surface area (Å²) in [6, 6.07) is 0.